The Bertz CT molecular complexity index is 1070. The van der Waals surface area contributed by atoms with Gasteiger partial charge in [0, 0.05) is 24.9 Å². The molecule has 4 aliphatic rings. The summed E-state index contributed by atoms with van der Waals surface area (Å²) in [5, 5.41) is 3.11. The van der Waals surface area contributed by atoms with Gasteiger partial charge in [-0.05, 0) is 75.5 Å². The molecule has 0 radical (unpaired) electrons. The van der Waals surface area contributed by atoms with Gasteiger partial charge in [-0.25, -0.2) is 19.2 Å². The van der Waals surface area contributed by atoms with Crippen molar-refractivity contribution in [2.45, 2.75) is 89.0 Å². The highest BCUT2D eigenvalue weighted by molar-refractivity contribution is 5.69. The standard InChI is InChI=1S/C26H31FN4O3/c1-15-24(30-23-9-4-17(11-22(23)27)10-16-2-3-16)28-14-29-25(15)33-21-12-18-5-6-19(13-21)31(18)26(32)34-20-7-8-20/h4,9,11,14,16,18-21H,2-3,5-8,10,12-13H2,1H3,(H,28,29,30). The lowest BCUT2D eigenvalue weighted by Crippen LogP contribution is -2.49. The van der Waals surface area contributed by atoms with Crippen LogP contribution in [0.2, 0.25) is 0 Å². The number of nitrogens with one attached hydrogen (secondary N) is 1. The average molecular weight is 467 g/mol. The van der Waals surface area contributed by atoms with Gasteiger partial charge in [0.05, 0.1) is 11.3 Å². The van der Waals surface area contributed by atoms with Crippen LogP contribution in [0, 0.1) is 18.7 Å². The van der Waals surface area contributed by atoms with Gasteiger partial charge in [0.25, 0.3) is 0 Å². The maximum absolute atomic E-state index is 14.7. The van der Waals surface area contributed by atoms with Gasteiger partial charge in [0.1, 0.15) is 30.2 Å². The van der Waals surface area contributed by atoms with Crippen molar-refractivity contribution in [2.75, 3.05) is 5.32 Å². The van der Waals surface area contributed by atoms with E-state index in [1.807, 2.05) is 17.9 Å². The van der Waals surface area contributed by atoms with E-state index in [1.54, 1.807) is 12.1 Å². The monoisotopic (exact) mass is 466 g/mol. The van der Waals surface area contributed by atoms with E-state index in [9.17, 15) is 9.18 Å². The summed E-state index contributed by atoms with van der Waals surface area (Å²) in [7, 11) is 0. The van der Waals surface area contributed by atoms with E-state index in [1.165, 1.54) is 19.2 Å². The van der Waals surface area contributed by atoms with Crippen LogP contribution in [0.1, 0.15) is 62.5 Å². The fourth-order valence-corrected chi connectivity index (χ4v) is 5.32. The topological polar surface area (TPSA) is 76.6 Å². The lowest BCUT2D eigenvalue weighted by atomic mass is 10.0. The van der Waals surface area contributed by atoms with Crippen molar-refractivity contribution in [3.8, 4) is 5.88 Å². The largest absolute Gasteiger partial charge is 0.474 e. The SMILES string of the molecule is Cc1c(Nc2ccc(CC3CC3)cc2F)ncnc1OC1CC2CCC(C1)N2C(=O)OC1CC1. The van der Waals surface area contributed by atoms with E-state index in [0.29, 0.717) is 23.3 Å². The first-order valence-corrected chi connectivity index (χ1v) is 12.6. The van der Waals surface area contributed by atoms with Crippen LogP contribution in [0.4, 0.5) is 20.7 Å². The summed E-state index contributed by atoms with van der Waals surface area (Å²) in [5.74, 6) is 1.47. The summed E-state index contributed by atoms with van der Waals surface area (Å²) < 4.78 is 26.6. The van der Waals surface area contributed by atoms with E-state index in [-0.39, 0.29) is 36.2 Å². The van der Waals surface area contributed by atoms with E-state index < -0.39 is 0 Å². The average Bonchev–Trinajstić information content (AvgIpc) is 3.74. The fourth-order valence-electron chi connectivity index (χ4n) is 5.32. The van der Waals surface area contributed by atoms with Gasteiger partial charge >= 0.3 is 6.09 Å². The highest BCUT2D eigenvalue weighted by Crippen LogP contribution is 2.39. The van der Waals surface area contributed by atoms with Gasteiger partial charge in [-0.2, -0.15) is 0 Å². The molecule has 2 aliphatic carbocycles. The van der Waals surface area contributed by atoms with Gasteiger partial charge in [0.2, 0.25) is 5.88 Å². The molecule has 2 aliphatic heterocycles. The second-order valence-corrected chi connectivity index (χ2v) is 10.3. The predicted octanol–water partition coefficient (Wildman–Crippen LogP) is 5.29. The third-order valence-corrected chi connectivity index (χ3v) is 7.52. The summed E-state index contributed by atoms with van der Waals surface area (Å²) in [6.07, 6.45) is 10.3. The molecule has 2 atom stereocenters. The number of hydrogen-bond acceptors (Lipinski definition) is 6. The van der Waals surface area contributed by atoms with Crippen LogP contribution in [0.5, 0.6) is 5.88 Å². The Balaban J connectivity index is 1.11. The molecule has 7 nitrogen and oxygen atoms in total. The quantitative estimate of drug-likeness (QED) is 0.597. The molecule has 34 heavy (non-hydrogen) atoms. The van der Waals surface area contributed by atoms with E-state index in [0.717, 1.165) is 56.1 Å². The molecular formula is C26H31FN4O3. The Kier molecular flexibility index (Phi) is 5.54. The number of nitrogens with zero attached hydrogens (tertiary/aromatic N) is 3. The minimum atomic E-state index is -0.277. The lowest BCUT2D eigenvalue weighted by molar-refractivity contribution is 0.0289. The fraction of sp³-hybridized carbons (Fsp3) is 0.577. The predicted molar refractivity (Wildman–Crippen MR) is 125 cm³/mol. The molecule has 4 fully saturated rings. The van der Waals surface area contributed by atoms with Gasteiger partial charge in [-0.1, -0.05) is 6.07 Å². The molecule has 8 heteroatoms. The van der Waals surface area contributed by atoms with Crippen molar-refractivity contribution in [3.63, 3.8) is 0 Å². The molecule has 1 amide bonds. The number of fused-ring (bicyclic) bond motifs is 2. The number of carbonyl (C=O) groups excluding carboxylic acids is 1. The lowest BCUT2D eigenvalue weighted by Gasteiger charge is -2.38. The van der Waals surface area contributed by atoms with E-state index >= 15 is 0 Å². The van der Waals surface area contributed by atoms with Gasteiger partial charge in [0.15, 0.2) is 0 Å². The molecule has 6 rings (SSSR count). The number of aromatic nitrogens is 2. The molecule has 2 saturated carbocycles. The van der Waals surface area contributed by atoms with Gasteiger partial charge in [-0.15, -0.1) is 0 Å². The van der Waals surface area contributed by atoms with Crippen molar-refractivity contribution in [3.05, 3.63) is 41.5 Å². The number of anilines is 2. The van der Waals surface area contributed by atoms with Crippen molar-refractivity contribution in [1.82, 2.24) is 14.9 Å². The van der Waals surface area contributed by atoms with Crippen LogP contribution in [0.15, 0.2) is 24.5 Å². The summed E-state index contributed by atoms with van der Waals surface area (Å²) in [6, 6.07) is 5.68. The first-order valence-electron chi connectivity index (χ1n) is 12.6. The smallest absolute Gasteiger partial charge is 0.410 e. The van der Waals surface area contributed by atoms with Crippen LogP contribution in [-0.4, -0.2) is 45.3 Å². The Morgan fingerprint density at radius 3 is 2.53 bits per heavy atom. The summed E-state index contributed by atoms with van der Waals surface area (Å²) >= 11 is 0. The second-order valence-electron chi connectivity index (χ2n) is 10.3. The number of benzene rings is 1. The number of ether oxygens (including phenoxy) is 2. The molecule has 1 aromatic heterocycles. The third kappa shape index (κ3) is 4.55. The maximum Gasteiger partial charge on any atom is 0.410 e. The molecule has 2 bridgehead atoms. The molecule has 2 aromatic rings. The van der Waals surface area contributed by atoms with E-state index in [4.69, 9.17) is 9.47 Å². The van der Waals surface area contributed by atoms with Crippen molar-refractivity contribution >= 4 is 17.6 Å². The van der Waals surface area contributed by atoms with Crippen LogP contribution < -0.4 is 10.1 Å². The highest BCUT2D eigenvalue weighted by atomic mass is 19.1. The van der Waals surface area contributed by atoms with Crippen LogP contribution in [0.25, 0.3) is 0 Å². The number of amides is 1. The minimum absolute atomic E-state index is 0.0256. The molecule has 2 saturated heterocycles. The van der Waals surface area contributed by atoms with Crippen molar-refractivity contribution in [1.29, 1.82) is 0 Å². The Hall–Kier alpha value is -2.90. The van der Waals surface area contributed by atoms with Crippen LogP contribution >= 0.6 is 0 Å². The first-order chi connectivity index (χ1) is 16.5. The Labute approximate surface area is 199 Å². The maximum atomic E-state index is 14.7. The third-order valence-electron chi connectivity index (χ3n) is 7.52. The molecule has 0 spiro atoms. The van der Waals surface area contributed by atoms with Crippen LogP contribution in [0.3, 0.4) is 0 Å². The van der Waals surface area contributed by atoms with Crippen molar-refractivity contribution < 1.29 is 18.7 Å². The minimum Gasteiger partial charge on any atom is -0.474 e. The summed E-state index contributed by atoms with van der Waals surface area (Å²) in [6.45, 7) is 1.88. The zero-order valence-electron chi connectivity index (χ0n) is 19.5. The molecule has 3 heterocycles. The molecule has 1 N–H and O–H groups in total. The number of hydrogen-bond donors (Lipinski definition) is 1. The zero-order valence-corrected chi connectivity index (χ0v) is 19.5. The first kappa shape index (κ1) is 21.6. The summed E-state index contributed by atoms with van der Waals surface area (Å²) in [5.41, 5.74) is 2.18. The number of carbonyl (C=O) groups is 1. The second kappa shape index (κ2) is 8.71. The molecule has 180 valence electrons. The number of halogens is 1. The Morgan fingerprint density at radius 1 is 1.09 bits per heavy atom. The van der Waals surface area contributed by atoms with E-state index in [2.05, 4.69) is 15.3 Å². The number of rotatable bonds is 7. The number of piperidine rings is 1. The zero-order chi connectivity index (χ0) is 23.2. The molecule has 1 aromatic carbocycles. The van der Waals surface area contributed by atoms with Crippen LogP contribution in [-0.2, 0) is 11.2 Å². The summed E-state index contributed by atoms with van der Waals surface area (Å²) in [4.78, 5) is 23.2. The normalized spacial score (nSPS) is 25.8. The highest BCUT2D eigenvalue weighted by Gasteiger charge is 2.46. The molecule has 2 unspecified atom stereocenters. The van der Waals surface area contributed by atoms with Crippen molar-refractivity contribution in [2.24, 2.45) is 5.92 Å². The molecular weight excluding hydrogens is 435 g/mol. The van der Waals surface area contributed by atoms with Gasteiger partial charge < -0.3 is 19.7 Å². The van der Waals surface area contributed by atoms with Gasteiger partial charge in [-0.3, -0.25) is 0 Å². The Morgan fingerprint density at radius 2 is 1.85 bits per heavy atom.